The third kappa shape index (κ3) is 6.02. The fraction of sp³-hybridized carbons (Fsp3) is 0.357. The van der Waals surface area contributed by atoms with E-state index >= 15 is 0 Å². The molecular weight excluding hydrogens is 504 g/mol. The van der Waals surface area contributed by atoms with Gasteiger partial charge in [-0.2, -0.15) is 0 Å². The summed E-state index contributed by atoms with van der Waals surface area (Å²) in [7, 11) is 3.16. The molecule has 38 heavy (non-hydrogen) atoms. The number of aromatic nitrogens is 1. The number of carbonyl (C=O) groups excluding carboxylic acids is 2. The van der Waals surface area contributed by atoms with Crippen molar-refractivity contribution in [1.29, 1.82) is 0 Å². The van der Waals surface area contributed by atoms with Crippen LogP contribution in [0.5, 0.6) is 11.5 Å². The predicted octanol–water partition coefficient (Wildman–Crippen LogP) is 4.37. The van der Waals surface area contributed by atoms with Crippen molar-refractivity contribution in [3.8, 4) is 11.5 Å². The van der Waals surface area contributed by atoms with Crippen LogP contribution in [0.15, 0.2) is 70.0 Å². The molecule has 0 fully saturated rings. The molecule has 4 rings (SSSR count). The number of ether oxygens (including phenoxy) is 3. The van der Waals surface area contributed by atoms with Gasteiger partial charge in [0.25, 0.3) is 0 Å². The molecular formula is C28H32N4O5S. The second-order valence-electron chi connectivity index (χ2n) is 9.05. The zero-order valence-electron chi connectivity index (χ0n) is 22.2. The fourth-order valence-electron chi connectivity index (χ4n) is 4.36. The van der Waals surface area contributed by atoms with Gasteiger partial charge in [0.2, 0.25) is 5.91 Å². The number of hydrogen-bond acceptors (Lipinski definition) is 9. The molecule has 1 unspecified atom stereocenters. The lowest BCUT2D eigenvalue weighted by molar-refractivity contribution is -0.143. The highest BCUT2D eigenvalue weighted by molar-refractivity contribution is 8.16. The molecule has 1 atom stereocenters. The first-order chi connectivity index (χ1) is 18.3. The van der Waals surface area contributed by atoms with Crippen LogP contribution >= 0.6 is 11.8 Å². The third-order valence-corrected chi connectivity index (χ3v) is 6.95. The minimum Gasteiger partial charge on any atom is -0.497 e. The van der Waals surface area contributed by atoms with Crippen molar-refractivity contribution >= 4 is 28.8 Å². The second kappa shape index (κ2) is 12.2. The first-order valence-electron chi connectivity index (χ1n) is 12.4. The van der Waals surface area contributed by atoms with Crippen molar-refractivity contribution in [1.82, 2.24) is 15.2 Å². The number of allylic oxidation sites excluding steroid dienone is 1. The molecule has 0 radical (unpaired) electrons. The Balaban J connectivity index is 1.64. The molecule has 2 aliphatic heterocycles. The first-order valence-corrected chi connectivity index (χ1v) is 13.2. The van der Waals surface area contributed by atoms with Crippen molar-refractivity contribution in [3.63, 3.8) is 0 Å². The summed E-state index contributed by atoms with van der Waals surface area (Å²) in [6, 6.07) is 10.5. The second-order valence-corrected chi connectivity index (χ2v) is 9.89. The predicted molar refractivity (Wildman–Crippen MR) is 147 cm³/mol. The number of thioether (sulfide) groups is 1. The van der Waals surface area contributed by atoms with Crippen LogP contribution in [0.25, 0.3) is 0 Å². The number of nitrogens with zero attached hydrogens (tertiary/aromatic N) is 3. The molecule has 3 heterocycles. The average molecular weight is 537 g/mol. The van der Waals surface area contributed by atoms with E-state index in [4.69, 9.17) is 19.2 Å². The quantitative estimate of drug-likeness (QED) is 0.447. The number of amidine groups is 1. The zero-order chi connectivity index (χ0) is 27.2. The highest BCUT2D eigenvalue weighted by Crippen LogP contribution is 2.47. The Hall–Kier alpha value is -3.79. The topological polar surface area (TPSA) is 102 Å². The van der Waals surface area contributed by atoms with Gasteiger partial charge in [-0.3, -0.25) is 9.78 Å². The first kappa shape index (κ1) is 27.3. The van der Waals surface area contributed by atoms with Crippen LogP contribution in [-0.2, 0) is 20.7 Å². The van der Waals surface area contributed by atoms with E-state index in [1.54, 1.807) is 53.3 Å². The van der Waals surface area contributed by atoms with Crippen LogP contribution in [0.1, 0.15) is 44.5 Å². The molecule has 1 N–H and O–H groups in total. The SMILES string of the molecule is COc1ccc(OC)c(C2C(C(=O)OC(C)C)=C(C)N=C3SC=C(CC(=O)NCCc4ccccn4)N32)c1. The maximum Gasteiger partial charge on any atom is 0.338 e. The summed E-state index contributed by atoms with van der Waals surface area (Å²) < 4.78 is 16.8. The van der Waals surface area contributed by atoms with Crippen molar-refractivity contribution in [3.05, 3.63) is 76.2 Å². The Morgan fingerprint density at radius 2 is 1.97 bits per heavy atom. The van der Waals surface area contributed by atoms with Gasteiger partial charge in [-0.1, -0.05) is 17.8 Å². The molecule has 2 aliphatic rings. The molecule has 0 bridgehead atoms. The van der Waals surface area contributed by atoms with Crippen molar-refractivity contribution in [2.45, 2.75) is 45.8 Å². The molecule has 0 saturated carbocycles. The lowest BCUT2D eigenvalue weighted by atomic mass is 9.92. The molecule has 1 amide bonds. The number of esters is 1. The number of rotatable bonds is 10. The summed E-state index contributed by atoms with van der Waals surface area (Å²) in [5, 5.41) is 5.55. The van der Waals surface area contributed by atoms with Gasteiger partial charge in [0, 0.05) is 36.1 Å². The molecule has 2 aromatic rings. The number of carbonyl (C=O) groups is 2. The standard InChI is InChI=1S/C28H32N4O5S/c1-17(2)37-27(34)25-18(3)31-28-32(26(25)22-15-21(35-4)9-10-23(22)36-5)20(16-38-28)14-24(33)30-13-11-19-8-6-7-12-29-19/h6-10,12,15-17,26H,11,13-14H2,1-5H3,(H,30,33). The van der Waals surface area contributed by atoms with Crippen LogP contribution < -0.4 is 14.8 Å². The van der Waals surface area contributed by atoms with E-state index in [9.17, 15) is 9.59 Å². The lowest BCUT2D eigenvalue weighted by Gasteiger charge is -2.37. The maximum atomic E-state index is 13.4. The van der Waals surface area contributed by atoms with E-state index in [2.05, 4.69) is 10.3 Å². The van der Waals surface area contributed by atoms with Gasteiger partial charge in [0.05, 0.1) is 44.1 Å². The number of pyridine rings is 1. The number of hydrogen-bond donors (Lipinski definition) is 1. The monoisotopic (exact) mass is 536 g/mol. The van der Waals surface area contributed by atoms with Crippen LogP contribution in [-0.4, -0.2) is 53.8 Å². The maximum absolute atomic E-state index is 13.4. The number of aliphatic imine (C=N–C) groups is 1. The molecule has 0 spiro atoms. The van der Waals surface area contributed by atoms with E-state index in [0.717, 1.165) is 11.4 Å². The molecule has 10 heteroatoms. The van der Waals surface area contributed by atoms with Gasteiger partial charge < -0.3 is 24.4 Å². The number of nitrogens with one attached hydrogen (secondary N) is 1. The van der Waals surface area contributed by atoms with Crippen molar-refractivity contribution < 1.29 is 23.8 Å². The summed E-state index contributed by atoms with van der Waals surface area (Å²) in [5.74, 6) is 0.591. The van der Waals surface area contributed by atoms with E-state index in [-0.39, 0.29) is 18.4 Å². The van der Waals surface area contributed by atoms with Crippen LogP contribution in [0.4, 0.5) is 0 Å². The van der Waals surface area contributed by atoms with Gasteiger partial charge in [0.15, 0.2) is 5.17 Å². The summed E-state index contributed by atoms with van der Waals surface area (Å²) in [4.78, 5) is 37.3. The fourth-order valence-corrected chi connectivity index (χ4v) is 5.32. The van der Waals surface area contributed by atoms with Crippen LogP contribution in [0.3, 0.4) is 0 Å². The number of amides is 1. The Kier molecular flexibility index (Phi) is 8.73. The Bertz CT molecular complexity index is 1290. The van der Waals surface area contributed by atoms with Crippen molar-refractivity contribution in [2.75, 3.05) is 20.8 Å². The molecule has 0 aliphatic carbocycles. The summed E-state index contributed by atoms with van der Waals surface area (Å²) in [6.07, 6.45) is 2.17. The van der Waals surface area contributed by atoms with Crippen molar-refractivity contribution in [2.24, 2.45) is 4.99 Å². The summed E-state index contributed by atoms with van der Waals surface area (Å²) >= 11 is 1.42. The van der Waals surface area contributed by atoms with E-state index < -0.39 is 12.0 Å². The Morgan fingerprint density at radius 1 is 1.16 bits per heavy atom. The molecule has 1 aromatic heterocycles. The molecule has 1 aromatic carbocycles. The summed E-state index contributed by atoms with van der Waals surface area (Å²) in [5.41, 5.74) is 3.28. The Labute approximate surface area is 227 Å². The molecule has 9 nitrogen and oxygen atoms in total. The largest absolute Gasteiger partial charge is 0.497 e. The van der Waals surface area contributed by atoms with E-state index in [0.29, 0.717) is 46.5 Å². The molecule has 200 valence electrons. The van der Waals surface area contributed by atoms with Crippen LogP contribution in [0.2, 0.25) is 0 Å². The van der Waals surface area contributed by atoms with E-state index in [1.165, 1.54) is 11.8 Å². The smallest absolute Gasteiger partial charge is 0.338 e. The Morgan fingerprint density at radius 3 is 2.66 bits per heavy atom. The highest BCUT2D eigenvalue weighted by Gasteiger charge is 2.42. The normalized spacial score (nSPS) is 16.6. The zero-order valence-corrected chi connectivity index (χ0v) is 23.0. The highest BCUT2D eigenvalue weighted by atomic mass is 32.2. The number of benzene rings is 1. The number of fused-ring (bicyclic) bond motifs is 1. The number of methoxy groups -OCH3 is 2. The van der Waals surface area contributed by atoms with Crippen LogP contribution in [0, 0.1) is 0 Å². The summed E-state index contributed by atoms with van der Waals surface area (Å²) in [6.45, 7) is 5.87. The minimum atomic E-state index is -0.624. The average Bonchev–Trinajstić information content (AvgIpc) is 3.29. The van der Waals surface area contributed by atoms with Gasteiger partial charge >= 0.3 is 5.97 Å². The lowest BCUT2D eigenvalue weighted by Crippen LogP contribution is -2.38. The van der Waals surface area contributed by atoms with Gasteiger partial charge in [-0.15, -0.1) is 0 Å². The minimum absolute atomic E-state index is 0.114. The third-order valence-electron chi connectivity index (χ3n) is 6.07. The van der Waals surface area contributed by atoms with Gasteiger partial charge in [0.1, 0.15) is 11.5 Å². The van der Waals surface area contributed by atoms with Gasteiger partial charge in [-0.25, -0.2) is 9.79 Å². The van der Waals surface area contributed by atoms with Gasteiger partial charge in [-0.05, 0) is 56.5 Å². The van der Waals surface area contributed by atoms with E-state index in [1.807, 2.05) is 34.6 Å². The molecule has 0 saturated heterocycles.